The summed E-state index contributed by atoms with van der Waals surface area (Å²) >= 11 is 0. The van der Waals surface area contributed by atoms with Gasteiger partial charge in [-0.15, -0.1) is 10.2 Å². The number of nitrogens with one attached hydrogen (secondary N) is 1. The van der Waals surface area contributed by atoms with Crippen LogP contribution in [0.15, 0.2) is 42.7 Å². The van der Waals surface area contributed by atoms with E-state index in [0.29, 0.717) is 12.4 Å². The van der Waals surface area contributed by atoms with E-state index in [1.54, 1.807) is 24.5 Å². The van der Waals surface area contributed by atoms with Gasteiger partial charge < -0.3 is 15.2 Å². The molecule has 0 aliphatic carbocycles. The van der Waals surface area contributed by atoms with Gasteiger partial charge >= 0.3 is 0 Å². The highest BCUT2D eigenvalue weighted by molar-refractivity contribution is 5.99. The predicted molar refractivity (Wildman–Crippen MR) is 96.4 cm³/mol. The molecular weight excluding hydrogens is 316 g/mol. The van der Waals surface area contributed by atoms with E-state index in [0.717, 1.165) is 28.6 Å². The number of aromatic hydroxyl groups is 1. The van der Waals surface area contributed by atoms with Crippen LogP contribution in [0.5, 0.6) is 5.75 Å². The van der Waals surface area contributed by atoms with E-state index in [1.807, 2.05) is 18.2 Å². The lowest BCUT2D eigenvalue weighted by atomic mass is 9.88. The maximum atomic E-state index is 9.50. The number of aromatic nitrogens is 3. The van der Waals surface area contributed by atoms with Crippen molar-refractivity contribution in [1.82, 2.24) is 15.2 Å². The van der Waals surface area contributed by atoms with Crippen LogP contribution in [0.1, 0.15) is 13.8 Å². The lowest BCUT2D eigenvalue weighted by Gasteiger charge is -2.26. The molecule has 2 aromatic heterocycles. The van der Waals surface area contributed by atoms with Crippen LogP contribution in [0.25, 0.3) is 22.0 Å². The number of nitrogens with zero attached hydrogens (tertiary/aromatic N) is 3. The highest BCUT2D eigenvalue weighted by Gasteiger charge is 2.36. The van der Waals surface area contributed by atoms with Gasteiger partial charge in [-0.3, -0.25) is 4.98 Å². The molecule has 1 atom stereocenters. The van der Waals surface area contributed by atoms with Crippen LogP contribution >= 0.6 is 0 Å². The van der Waals surface area contributed by atoms with Gasteiger partial charge in [-0.2, -0.15) is 0 Å². The molecule has 0 amide bonds. The van der Waals surface area contributed by atoms with Gasteiger partial charge in [0, 0.05) is 34.1 Å². The Kier molecular flexibility index (Phi) is 3.77. The molecular formula is C19H20N4O2. The van der Waals surface area contributed by atoms with Crippen LogP contribution in [0, 0.1) is 5.41 Å². The van der Waals surface area contributed by atoms with Crippen molar-refractivity contribution in [3.8, 4) is 17.0 Å². The lowest BCUT2D eigenvalue weighted by molar-refractivity contribution is 0.167. The average Bonchev–Trinajstić information content (AvgIpc) is 2.94. The summed E-state index contributed by atoms with van der Waals surface area (Å²) in [5.74, 6) is 0.943. The summed E-state index contributed by atoms with van der Waals surface area (Å²) in [6, 6.07) is 9.07. The highest BCUT2D eigenvalue weighted by Crippen LogP contribution is 2.33. The molecule has 25 heavy (non-hydrogen) atoms. The smallest absolute Gasteiger partial charge is 0.158 e. The van der Waals surface area contributed by atoms with E-state index >= 15 is 0 Å². The summed E-state index contributed by atoms with van der Waals surface area (Å²) in [4.78, 5) is 4.25. The summed E-state index contributed by atoms with van der Waals surface area (Å²) in [7, 11) is 0. The Morgan fingerprint density at radius 2 is 1.92 bits per heavy atom. The van der Waals surface area contributed by atoms with E-state index in [-0.39, 0.29) is 17.2 Å². The quantitative estimate of drug-likeness (QED) is 0.764. The van der Waals surface area contributed by atoms with E-state index in [2.05, 4.69) is 34.3 Å². The molecule has 1 unspecified atom stereocenters. The first-order valence-electron chi connectivity index (χ1n) is 8.29. The number of ether oxygens (including phenoxy) is 1. The minimum atomic E-state index is 0.0336. The zero-order chi connectivity index (χ0) is 17.4. The first kappa shape index (κ1) is 15.8. The molecule has 2 N–H and O–H groups in total. The normalized spacial score (nSPS) is 19.2. The van der Waals surface area contributed by atoms with Gasteiger partial charge in [0.15, 0.2) is 5.82 Å². The van der Waals surface area contributed by atoms with E-state index in [9.17, 15) is 5.11 Å². The van der Waals surface area contributed by atoms with Crippen LogP contribution in [-0.2, 0) is 4.74 Å². The molecule has 1 fully saturated rings. The molecule has 1 aromatic carbocycles. The topological polar surface area (TPSA) is 80.2 Å². The molecule has 1 aliphatic heterocycles. The summed E-state index contributed by atoms with van der Waals surface area (Å²) in [5.41, 5.74) is 1.70. The number of pyridine rings is 1. The molecule has 3 aromatic rings. The summed E-state index contributed by atoms with van der Waals surface area (Å²) in [6.45, 7) is 5.72. The van der Waals surface area contributed by atoms with Gasteiger partial charge in [0.1, 0.15) is 11.4 Å². The van der Waals surface area contributed by atoms with Crippen molar-refractivity contribution in [2.75, 3.05) is 18.5 Å². The van der Waals surface area contributed by atoms with Gasteiger partial charge in [0.25, 0.3) is 0 Å². The third-order valence-corrected chi connectivity index (χ3v) is 4.73. The second-order valence-electron chi connectivity index (χ2n) is 7.07. The summed E-state index contributed by atoms with van der Waals surface area (Å²) in [5, 5.41) is 23.7. The van der Waals surface area contributed by atoms with Crippen LogP contribution < -0.4 is 5.32 Å². The Bertz CT molecular complexity index is 909. The molecule has 0 saturated carbocycles. The molecule has 6 nitrogen and oxygen atoms in total. The lowest BCUT2D eigenvalue weighted by Crippen LogP contribution is -2.35. The zero-order valence-electron chi connectivity index (χ0n) is 14.2. The largest absolute Gasteiger partial charge is 0.508 e. The third kappa shape index (κ3) is 2.89. The number of phenolic OH excluding ortho intramolecular Hbond substituents is 1. The molecule has 128 valence electrons. The van der Waals surface area contributed by atoms with Crippen molar-refractivity contribution >= 4 is 16.6 Å². The number of phenols is 1. The average molecular weight is 336 g/mol. The van der Waals surface area contributed by atoms with Crippen molar-refractivity contribution in [1.29, 1.82) is 0 Å². The number of anilines is 1. The summed E-state index contributed by atoms with van der Waals surface area (Å²) < 4.78 is 5.61. The van der Waals surface area contributed by atoms with Gasteiger partial charge in [0.05, 0.1) is 19.3 Å². The molecule has 0 radical (unpaired) electrons. The van der Waals surface area contributed by atoms with Crippen LogP contribution in [0.4, 0.5) is 5.82 Å². The number of hydrogen-bond acceptors (Lipinski definition) is 6. The second-order valence-corrected chi connectivity index (χ2v) is 7.07. The van der Waals surface area contributed by atoms with E-state index in [1.165, 1.54) is 0 Å². The fourth-order valence-corrected chi connectivity index (χ4v) is 3.10. The van der Waals surface area contributed by atoms with Crippen molar-refractivity contribution in [2.24, 2.45) is 5.41 Å². The fraction of sp³-hybridized carbons (Fsp3) is 0.316. The van der Waals surface area contributed by atoms with Gasteiger partial charge in [-0.05, 0) is 30.3 Å². The molecule has 6 heteroatoms. The number of benzene rings is 1. The number of hydrogen-bond donors (Lipinski definition) is 2. The highest BCUT2D eigenvalue weighted by atomic mass is 16.5. The third-order valence-electron chi connectivity index (χ3n) is 4.73. The van der Waals surface area contributed by atoms with Gasteiger partial charge in [-0.25, -0.2) is 0 Å². The predicted octanol–water partition coefficient (Wildman–Crippen LogP) is 3.23. The number of rotatable bonds is 3. The zero-order valence-corrected chi connectivity index (χ0v) is 14.2. The Labute approximate surface area is 145 Å². The maximum absolute atomic E-state index is 9.50. The van der Waals surface area contributed by atoms with Gasteiger partial charge in [-0.1, -0.05) is 13.8 Å². The molecule has 4 rings (SSSR count). The van der Waals surface area contributed by atoms with Crippen molar-refractivity contribution in [3.63, 3.8) is 0 Å². The Morgan fingerprint density at radius 1 is 1.12 bits per heavy atom. The first-order chi connectivity index (χ1) is 12.0. The molecule has 0 spiro atoms. The van der Waals surface area contributed by atoms with Crippen molar-refractivity contribution < 1.29 is 9.84 Å². The molecule has 3 heterocycles. The van der Waals surface area contributed by atoms with E-state index in [4.69, 9.17) is 4.74 Å². The molecule has 0 bridgehead atoms. The van der Waals surface area contributed by atoms with Crippen molar-refractivity contribution in [2.45, 2.75) is 19.9 Å². The van der Waals surface area contributed by atoms with E-state index < -0.39 is 0 Å². The summed E-state index contributed by atoms with van der Waals surface area (Å²) in [6.07, 6.45) is 3.55. The second kappa shape index (κ2) is 5.97. The minimum Gasteiger partial charge on any atom is -0.508 e. The number of fused-ring (bicyclic) bond motifs is 1. The van der Waals surface area contributed by atoms with Crippen LogP contribution in [0.3, 0.4) is 0 Å². The Balaban J connectivity index is 1.78. The SMILES string of the molecule is CC1(C)COCC1Nc1nnc(-c2ccc(O)cc2)c2ccncc12. The van der Waals surface area contributed by atoms with Crippen molar-refractivity contribution in [3.05, 3.63) is 42.7 Å². The molecule has 1 aliphatic rings. The maximum Gasteiger partial charge on any atom is 0.158 e. The van der Waals surface area contributed by atoms with Crippen LogP contribution in [-0.4, -0.2) is 39.5 Å². The molecule has 1 saturated heterocycles. The standard InChI is InChI=1S/C19H20N4O2/c1-19(2)11-25-10-16(19)21-18-15-9-20-8-7-14(15)17(22-23-18)12-3-5-13(24)6-4-12/h3-9,16,24H,10-11H2,1-2H3,(H,21,23). The first-order valence-corrected chi connectivity index (χ1v) is 8.29. The fourth-order valence-electron chi connectivity index (χ4n) is 3.10. The minimum absolute atomic E-state index is 0.0336. The Hall–Kier alpha value is -2.73. The van der Waals surface area contributed by atoms with Gasteiger partial charge in [0.2, 0.25) is 0 Å². The van der Waals surface area contributed by atoms with Crippen LogP contribution in [0.2, 0.25) is 0 Å². The Morgan fingerprint density at radius 3 is 2.64 bits per heavy atom. The monoisotopic (exact) mass is 336 g/mol.